The van der Waals surface area contributed by atoms with Crippen LogP contribution in [0, 0.1) is 25.2 Å². The molecule has 0 bridgehead atoms. The summed E-state index contributed by atoms with van der Waals surface area (Å²) in [6.07, 6.45) is 1.47. The largest absolute Gasteiger partial charge is 0.488 e. The molecular formula is C25H20Cl2N2O2. The minimum absolute atomic E-state index is 0.0603. The Labute approximate surface area is 191 Å². The van der Waals surface area contributed by atoms with E-state index >= 15 is 0 Å². The molecule has 0 saturated heterocycles. The highest BCUT2D eigenvalue weighted by atomic mass is 35.5. The lowest BCUT2D eigenvalue weighted by Crippen LogP contribution is -2.14. The van der Waals surface area contributed by atoms with Crippen molar-refractivity contribution >= 4 is 40.9 Å². The van der Waals surface area contributed by atoms with Crippen molar-refractivity contribution in [3.05, 3.63) is 98.5 Å². The Balaban J connectivity index is 1.84. The van der Waals surface area contributed by atoms with Crippen molar-refractivity contribution in [1.82, 2.24) is 0 Å². The van der Waals surface area contributed by atoms with Crippen LogP contribution in [0.25, 0.3) is 6.08 Å². The number of halogens is 2. The number of ether oxygens (including phenoxy) is 1. The fourth-order valence-corrected chi connectivity index (χ4v) is 3.39. The minimum atomic E-state index is -0.504. The second-order valence-electron chi connectivity index (χ2n) is 7.04. The number of nitrogens with one attached hydrogen (secondary N) is 1. The summed E-state index contributed by atoms with van der Waals surface area (Å²) in [5, 5.41) is 13.5. The molecule has 6 heteroatoms. The predicted molar refractivity (Wildman–Crippen MR) is 125 cm³/mol. The quantitative estimate of drug-likeness (QED) is 0.334. The highest BCUT2D eigenvalue weighted by molar-refractivity contribution is 6.31. The van der Waals surface area contributed by atoms with Crippen molar-refractivity contribution in [3.8, 4) is 11.8 Å². The number of hydrogen-bond donors (Lipinski definition) is 1. The topological polar surface area (TPSA) is 62.1 Å². The predicted octanol–water partition coefficient (Wildman–Crippen LogP) is 6.73. The molecule has 3 rings (SSSR count). The van der Waals surface area contributed by atoms with Gasteiger partial charge < -0.3 is 10.1 Å². The van der Waals surface area contributed by atoms with E-state index in [1.54, 1.807) is 24.3 Å². The van der Waals surface area contributed by atoms with Gasteiger partial charge in [-0.1, -0.05) is 53.0 Å². The summed E-state index contributed by atoms with van der Waals surface area (Å²) in [4.78, 5) is 12.7. The number of nitrogens with zero attached hydrogens (tertiary/aromatic N) is 1. The van der Waals surface area contributed by atoms with Crippen molar-refractivity contribution in [2.45, 2.75) is 20.5 Å². The van der Waals surface area contributed by atoms with Crippen LogP contribution in [0.4, 0.5) is 5.69 Å². The Kier molecular flexibility index (Phi) is 7.36. The molecule has 1 N–H and O–H groups in total. The van der Waals surface area contributed by atoms with Gasteiger partial charge in [-0.05, 0) is 67.4 Å². The van der Waals surface area contributed by atoms with Crippen molar-refractivity contribution in [2.75, 3.05) is 5.32 Å². The Bertz CT molecular complexity index is 1200. The molecule has 4 nitrogen and oxygen atoms in total. The standard InChI is InChI=1S/C25H20Cl2N2O2/c1-16-6-8-23(17(2)10-16)29-25(30)20(14-28)12-19-13-22(27)7-9-24(19)31-15-18-4-3-5-21(26)11-18/h3-13H,15H2,1-2H3,(H,29,30)/b20-12+. The third kappa shape index (κ3) is 6.11. The van der Waals surface area contributed by atoms with Crippen LogP contribution in [-0.4, -0.2) is 5.91 Å². The summed E-state index contributed by atoms with van der Waals surface area (Å²) in [6.45, 7) is 4.15. The van der Waals surface area contributed by atoms with Gasteiger partial charge in [0.05, 0.1) is 0 Å². The zero-order valence-electron chi connectivity index (χ0n) is 17.1. The van der Waals surface area contributed by atoms with Gasteiger partial charge in [0.15, 0.2) is 0 Å². The Hall–Kier alpha value is -3.26. The fourth-order valence-electron chi connectivity index (χ4n) is 3.00. The van der Waals surface area contributed by atoms with E-state index in [0.717, 1.165) is 16.7 Å². The molecule has 31 heavy (non-hydrogen) atoms. The van der Waals surface area contributed by atoms with E-state index in [9.17, 15) is 10.1 Å². The summed E-state index contributed by atoms with van der Waals surface area (Å²) >= 11 is 12.2. The number of anilines is 1. The minimum Gasteiger partial charge on any atom is -0.488 e. The lowest BCUT2D eigenvalue weighted by Gasteiger charge is -2.11. The van der Waals surface area contributed by atoms with E-state index in [1.807, 2.05) is 56.3 Å². The number of benzene rings is 3. The molecule has 0 fully saturated rings. The molecule has 3 aromatic rings. The first-order valence-corrected chi connectivity index (χ1v) is 10.3. The summed E-state index contributed by atoms with van der Waals surface area (Å²) in [7, 11) is 0. The summed E-state index contributed by atoms with van der Waals surface area (Å²) < 4.78 is 5.91. The van der Waals surface area contributed by atoms with Gasteiger partial charge in [-0.3, -0.25) is 4.79 Å². The molecule has 0 atom stereocenters. The van der Waals surface area contributed by atoms with Gasteiger partial charge in [0, 0.05) is 21.3 Å². The number of aryl methyl sites for hydroxylation is 2. The van der Waals surface area contributed by atoms with Gasteiger partial charge in [0.25, 0.3) is 5.91 Å². The number of rotatable bonds is 6. The van der Waals surface area contributed by atoms with E-state index in [1.165, 1.54) is 6.08 Å². The Morgan fingerprint density at radius 2 is 1.84 bits per heavy atom. The van der Waals surface area contributed by atoms with Crippen molar-refractivity contribution in [1.29, 1.82) is 5.26 Å². The van der Waals surface area contributed by atoms with Crippen LogP contribution in [0.3, 0.4) is 0 Å². The van der Waals surface area contributed by atoms with Gasteiger partial charge >= 0.3 is 0 Å². The van der Waals surface area contributed by atoms with Gasteiger partial charge in [-0.25, -0.2) is 0 Å². The normalized spacial score (nSPS) is 11.0. The van der Waals surface area contributed by atoms with Crippen LogP contribution < -0.4 is 10.1 Å². The first kappa shape index (κ1) is 22.4. The van der Waals surface area contributed by atoms with Crippen LogP contribution in [0.15, 0.2) is 66.2 Å². The number of hydrogen-bond acceptors (Lipinski definition) is 3. The van der Waals surface area contributed by atoms with Gasteiger partial charge in [-0.2, -0.15) is 5.26 Å². The number of nitriles is 1. The summed E-state index contributed by atoms with van der Waals surface area (Å²) in [5.41, 5.74) is 4.02. The average Bonchev–Trinajstić information content (AvgIpc) is 2.73. The molecule has 0 unspecified atom stereocenters. The van der Waals surface area contributed by atoms with Gasteiger partial charge in [-0.15, -0.1) is 0 Å². The summed E-state index contributed by atoms with van der Waals surface area (Å²) in [5.74, 6) is -0.00772. The van der Waals surface area contributed by atoms with Crippen molar-refractivity contribution < 1.29 is 9.53 Å². The zero-order chi connectivity index (χ0) is 22.4. The molecule has 156 valence electrons. The number of amides is 1. The van der Waals surface area contributed by atoms with Crippen LogP contribution in [0.5, 0.6) is 5.75 Å². The molecule has 0 aromatic heterocycles. The average molecular weight is 451 g/mol. The van der Waals surface area contributed by atoms with Crippen LogP contribution >= 0.6 is 23.2 Å². The van der Waals surface area contributed by atoms with Gasteiger partial charge in [0.1, 0.15) is 24.0 Å². The zero-order valence-corrected chi connectivity index (χ0v) is 18.6. The maximum absolute atomic E-state index is 12.7. The van der Waals surface area contributed by atoms with E-state index in [0.29, 0.717) is 27.0 Å². The SMILES string of the molecule is Cc1ccc(NC(=O)/C(C#N)=C/c2cc(Cl)ccc2OCc2cccc(Cl)c2)c(C)c1. The van der Waals surface area contributed by atoms with E-state index in [-0.39, 0.29) is 12.2 Å². The Morgan fingerprint density at radius 3 is 2.55 bits per heavy atom. The van der Waals surface area contributed by atoms with E-state index in [4.69, 9.17) is 27.9 Å². The first-order valence-electron chi connectivity index (χ1n) is 9.53. The van der Waals surface area contributed by atoms with Gasteiger partial charge in [0.2, 0.25) is 0 Å². The molecule has 1 amide bonds. The fraction of sp³-hybridized carbons (Fsp3) is 0.120. The molecule has 0 aliphatic carbocycles. The Morgan fingerprint density at radius 1 is 1.06 bits per heavy atom. The first-order chi connectivity index (χ1) is 14.9. The lowest BCUT2D eigenvalue weighted by atomic mass is 10.1. The third-order valence-corrected chi connectivity index (χ3v) is 5.02. The van der Waals surface area contributed by atoms with Crippen LogP contribution in [-0.2, 0) is 11.4 Å². The smallest absolute Gasteiger partial charge is 0.266 e. The van der Waals surface area contributed by atoms with Crippen molar-refractivity contribution in [2.24, 2.45) is 0 Å². The second kappa shape index (κ2) is 10.2. The van der Waals surface area contributed by atoms with E-state index < -0.39 is 5.91 Å². The van der Waals surface area contributed by atoms with Crippen LogP contribution in [0.2, 0.25) is 10.0 Å². The third-order valence-electron chi connectivity index (χ3n) is 4.55. The summed E-state index contributed by atoms with van der Waals surface area (Å²) in [6, 6.07) is 20.0. The molecule has 0 saturated carbocycles. The van der Waals surface area contributed by atoms with Crippen LogP contribution in [0.1, 0.15) is 22.3 Å². The molecule has 0 aliphatic heterocycles. The maximum Gasteiger partial charge on any atom is 0.266 e. The van der Waals surface area contributed by atoms with Crippen molar-refractivity contribution in [3.63, 3.8) is 0 Å². The number of carbonyl (C=O) groups is 1. The highest BCUT2D eigenvalue weighted by Gasteiger charge is 2.13. The maximum atomic E-state index is 12.7. The molecule has 0 spiro atoms. The number of carbonyl (C=O) groups excluding carboxylic acids is 1. The lowest BCUT2D eigenvalue weighted by molar-refractivity contribution is -0.112. The molecular weight excluding hydrogens is 431 g/mol. The molecule has 0 heterocycles. The highest BCUT2D eigenvalue weighted by Crippen LogP contribution is 2.27. The molecule has 0 aliphatic rings. The molecule has 3 aromatic carbocycles. The second-order valence-corrected chi connectivity index (χ2v) is 7.92. The monoisotopic (exact) mass is 450 g/mol. The van der Waals surface area contributed by atoms with E-state index in [2.05, 4.69) is 5.32 Å². The molecule has 0 radical (unpaired) electrons.